The molecule has 0 N–H and O–H groups in total. The first-order chi connectivity index (χ1) is 16.3. The summed E-state index contributed by atoms with van der Waals surface area (Å²) in [5.41, 5.74) is 8.25. The van der Waals surface area contributed by atoms with Gasteiger partial charge in [-0.25, -0.2) is 0 Å². The Kier molecular flexibility index (Phi) is 4.49. The van der Waals surface area contributed by atoms with Gasteiger partial charge in [-0.2, -0.15) is 5.26 Å². The Hall–Kier alpha value is -4.68. The Labute approximate surface area is 191 Å². The van der Waals surface area contributed by atoms with E-state index in [0.29, 0.717) is 5.56 Å². The zero-order valence-electron chi connectivity index (χ0n) is 17.8. The fourth-order valence-electron chi connectivity index (χ4n) is 4.60. The van der Waals surface area contributed by atoms with Gasteiger partial charge in [0, 0.05) is 34.4 Å². The molecule has 3 nitrogen and oxygen atoms in total. The van der Waals surface area contributed by atoms with Crippen molar-refractivity contribution in [2.75, 3.05) is 0 Å². The number of para-hydroxylation sites is 1. The molecule has 0 aliphatic heterocycles. The molecule has 33 heavy (non-hydrogen) atoms. The molecule has 0 saturated heterocycles. The first kappa shape index (κ1) is 19.0. The third-order valence-electron chi connectivity index (χ3n) is 6.15. The first-order valence-corrected chi connectivity index (χ1v) is 10.9. The van der Waals surface area contributed by atoms with Gasteiger partial charge in [-0.15, -0.1) is 0 Å². The Balaban J connectivity index is 1.62. The number of nitriles is 1. The van der Waals surface area contributed by atoms with Crippen LogP contribution in [0.5, 0.6) is 0 Å². The topological polar surface area (TPSA) is 41.6 Å². The summed E-state index contributed by atoms with van der Waals surface area (Å²) >= 11 is 0. The molecule has 6 rings (SSSR count). The largest absolute Gasteiger partial charge is 0.309 e. The molecule has 0 amide bonds. The van der Waals surface area contributed by atoms with Gasteiger partial charge in [-0.05, 0) is 65.2 Å². The molecule has 0 spiro atoms. The highest BCUT2D eigenvalue weighted by molar-refractivity contribution is 6.10. The van der Waals surface area contributed by atoms with Crippen LogP contribution in [0.25, 0.3) is 49.7 Å². The molecule has 0 fully saturated rings. The zero-order chi connectivity index (χ0) is 22.2. The van der Waals surface area contributed by atoms with Gasteiger partial charge in [0.15, 0.2) is 0 Å². The molecule has 0 aliphatic carbocycles. The smallest absolute Gasteiger partial charge is 0.0998 e. The SMILES string of the molecule is N#Cc1ccc(-n2c3ccccc3c3cc(-c4ccccc4)ccc32)cc1-c1ccncc1. The lowest BCUT2D eigenvalue weighted by molar-refractivity contribution is 1.18. The minimum Gasteiger partial charge on any atom is -0.309 e. The van der Waals surface area contributed by atoms with Gasteiger partial charge in [0.2, 0.25) is 0 Å². The summed E-state index contributed by atoms with van der Waals surface area (Å²) in [6.45, 7) is 0. The second-order valence-electron chi connectivity index (χ2n) is 8.03. The van der Waals surface area contributed by atoms with Crippen LogP contribution in [0.15, 0.2) is 116 Å². The molecule has 2 heterocycles. The van der Waals surface area contributed by atoms with E-state index >= 15 is 0 Å². The molecule has 0 aliphatic rings. The average Bonchev–Trinajstić information content (AvgIpc) is 3.23. The van der Waals surface area contributed by atoms with E-state index in [1.807, 2.05) is 30.3 Å². The number of hydrogen-bond acceptors (Lipinski definition) is 2. The fourth-order valence-corrected chi connectivity index (χ4v) is 4.60. The van der Waals surface area contributed by atoms with Crippen LogP contribution in [-0.2, 0) is 0 Å². The van der Waals surface area contributed by atoms with Crippen molar-refractivity contribution in [3.63, 3.8) is 0 Å². The van der Waals surface area contributed by atoms with Crippen LogP contribution in [-0.4, -0.2) is 9.55 Å². The van der Waals surface area contributed by atoms with E-state index in [1.54, 1.807) is 12.4 Å². The lowest BCUT2D eigenvalue weighted by Gasteiger charge is -2.12. The average molecular weight is 422 g/mol. The summed E-state index contributed by atoms with van der Waals surface area (Å²) in [4.78, 5) is 4.13. The predicted molar refractivity (Wildman–Crippen MR) is 134 cm³/mol. The van der Waals surface area contributed by atoms with E-state index in [9.17, 15) is 5.26 Å². The standard InChI is InChI=1S/C30H19N3/c31-20-24-10-12-25(19-27(24)22-14-16-32-17-15-22)33-29-9-5-4-8-26(29)28-18-23(11-13-30(28)33)21-6-2-1-3-7-21/h1-19H. The Morgan fingerprint density at radius 3 is 2.18 bits per heavy atom. The van der Waals surface area contributed by atoms with Crippen molar-refractivity contribution in [2.45, 2.75) is 0 Å². The summed E-state index contributed by atoms with van der Waals surface area (Å²) in [7, 11) is 0. The van der Waals surface area contributed by atoms with Gasteiger partial charge < -0.3 is 4.57 Å². The third kappa shape index (κ3) is 3.17. The minimum atomic E-state index is 0.650. The zero-order valence-corrected chi connectivity index (χ0v) is 17.8. The molecule has 2 aromatic heterocycles. The molecule has 0 atom stereocenters. The number of pyridine rings is 1. The second kappa shape index (κ2) is 7.78. The van der Waals surface area contributed by atoms with Crippen molar-refractivity contribution in [1.29, 1.82) is 5.26 Å². The number of aromatic nitrogens is 2. The third-order valence-corrected chi connectivity index (χ3v) is 6.15. The van der Waals surface area contributed by atoms with Crippen molar-refractivity contribution in [3.05, 3.63) is 121 Å². The van der Waals surface area contributed by atoms with E-state index in [-0.39, 0.29) is 0 Å². The highest BCUT2D eigenvalue weighted by Crippen LogP contribution is 2.36. The number of hydrogen-bond donors (Lipinski definition) is 0. The second-order valence-corrected chi connectivity index (χ2v) is 8.03. The van der Waals surface area contributed by atoms with Crippen LogP contribution < -0.4 is 0 Å². The van der Waals surface area contributed by atoms with Crippen LogP contribution in [0.1, 0.15) is 5.56 Å². The molecule has 0 radical (unpaired) electrons. The molecule has 154 valence electrons. The predicted octanol–water partition coefficient (Wildman–Crippen LogP) is 7.38. The maximum atomic E-state index is 9.71. The lowest BCUT2D eigenvalue weighted by atomic mass is 10.0. The Morgan fingerprint density at radius 1 is 0.606 bits per heavy atom. The Bertz CT molecular complexity index is 1660. The number of rotatable bonds is 3. The summed E-state index contributed by atoms with van der Waals surface area (Å²) in [5, 5.41) is 12.1. The molecule has 0 saturated carbocycles. The monoisotopic (exact) mass is 421 g/mol. The van der Waals surface area contributed by atoms with Crippen LogP contribution in [0.4, 0.5) is 0 Å². The van der Waals surface area contributed by atoms with Gasteiger partial charge in [0.1, 0.15) is 0 Å². The maximum absolute atomic E-state index is 9.71. The van der Waals surface area contributed by atoms with Crippen molar-refractivity contribution >= 4 is 21.8 Å². The Morgan fingerprint density at radius 2 is 1.36 bits per heavy atom. The van der Waals surface area contributed by atoms with Crippen LogP contribution >= 0.6 is 0 Å². The summed E-state index contributed by atoms with van der Waals surface area (Å²) < 4.78 is 2.28. The van der Waals surface area contributed by atoms with Gasteiger partial charge in [-0.1, -0.05) is 54.6 Å². The van der Waals surface area contributed by atoms with E-state index < -0.39 is 0 Å². The van der Waals surface area contributed by atoms with E-state index in [1.165, 1.54) is 21.9 Å². The van der Waals surface area contributed by atoms with Gasteiger partial charge >= 0.3 is 0 Å². The van der Waals surface area contributed by atoms with Crippen LogP contribution in [0, 0.1) is 11.3 Å². The molecular weight excluding hydrogens is 402 g/mol. The van der Waals surface area contributed by atoms with Gasteiger partial charge in [0.25, 0.3) is 0 Å². The first-order valence-electron chi connectivity index (χ1n) is 10.9. The molecular formula is C30H19N3. The molecule has 0 bridgehead atoms. The van der Waals surface area contributed by atoms with Gasteiger partial charge in [0.05, 0.1) is 22.7 Å². The fraction of sp³-hybridized carbons (Fsp3) is 0. The van der Waals surface area contributed by atoms with Gasteiger partial charge in [-0.3, -0.25) is 4.98 Å². The molecule has 0 unspecified atom stereocenters. The quantitative estimate of drug-likeness (QED) is 0.299. The van der Waals surface area contributed by atoms with Crippen LogP contribution in [0.2, 0.25) is 0 Å². The van der Waals surface area contributed by atoms with E-state index in [2.05, 4.69) is 88.4 Å². The summed E-state index contributed by atoms with van der Waals surface area (Å²) in [5.74, 6) is 0. The number of benzene rings is 4. The van der Waals surface area contributed by atoms with E-state index in [4.69, 9.17) is 0 Å². The molecule has 4 aromatic carbocycles. The van der Waals surface area contributed by atoms with Crippen molar-refractivity contribution in [3.8, 4) is 34.0 Å². The van der Waals surface area contributed by atoms with E-state index in [0.717, 1.165) is 27.8 Å². The number of nitrogens with zero attached hydrogens (tertiary/aromatic N) is 3. The summed E-state index contributed by atoms with van der Waals surface area (Å²) in [6, 6.07) is 37.9. The van der Waals surface area contributed by atoms with Crippen molar-refractivity contribution in [1.82, 2.24) is 9.55 Å². The maximum Gasteiger partial charge on any atom is 0.0998 e. The lowest BCUT2D eigenvalue weighted by Crippen LogP contribution is -1.96. The molecule has 3 heteroatoms. The number of fused-ring (bicyclic) bond motifs is 3. The minimum absolute atomic E-state index is 0.650. The highest BCUT2D eigenvalue weighted by Gasteiger charge is 2.15. The van der Waals surface area contributed by atoms with Crippen molar-refractivity contribution in [2.24, 2.45) is 0 Å². The van der Waals surface area contributed by atoms with Crippen LogP contribution in [0.3, 0.4) is 0 Å². The normalized spacial score (nSPS) is 11.0. The summed E-state index contributed by atoms with van der Waals surface area (Å²) in [6.07, 6.45) is 3.52. The van der Waals surface area contributed by atoms with Crippen molar-refractivity contribution < 1.29 is 0 Å². The highest BCUT2D eigenvalue weighted by atomic mass is 15.0. The molecule has 6 aromatic rings.